The first-order valence-electron chi connectivity index (χ1n) is 5.85. The second kappa shape index (κ2) is 5.92. The average molecular weight is 335 g/mol. The molecule has 0 saturated heterocycles. The molecule has 0 atom stereocenters. The second-order valence-corrected chi connectivity index (χ2v) is 5.30. The Balaban J connectivity index is 2.25. The van der Waals surface area contributed by atoms with Crippen LogP contribution < -0.4 is 0 Å². The van der Waals surface area contributed by atoms with Crippen molar-refractivity contribution in [2.75, 3.05) is 0 Å². The van der Waals surface area contributed by atoms with E-state index >= 15 is 0 Å². The Hall–Kier alpha value is -2.08. The van der Waals surface area contributed by atoms with Gasteiger partial charge in [0.2, 0.25) is 0 Å². The summed E-state index contributed by atoms with van der Waals surface area (Å²) in [5.41, 5.74) is 1.84. The molecule has 1 heterocycles. The van der Waals surface area contributed by atoms with E-state index < -0.39 is 4.92 Å². The fraction of sp³-hybridized carbons (Fsp3) is 0.143. The lowest BCUT2D eigenvalue weighted by Crippen LogP contribution is -2.06. The largest absolute Gasteiger partial charge is 0.294 e. The summed E-state index contributed by atoms with van der Waals surface area (Å²) < 4.78 is 0.506. The maximum Gasteiger partial charge on any atom is 0.271 e. The van der Waals surface area contributed by atoms with Crippen molar-refractivity contribution in [1.29, 1.82) is 0 Å². The van der Waals surface area contributed by atoms with Gasteiger partial charge in [0.15, 0.2) is 5.78 Å². The molecule has 0 aliphatic rings. The Labute approximate surface area is 123 Å². The van der Waals surface area contributed by atoms with Crippen molar-refractivity contribution in [2.45, 2.75) is 13.3 Å². The Kier molecular flexibility index (Phi) is 4.24. The van der Waals surface area contributed by atoms with Crippen LogP contribution in [0.15, 0.2) is 41.0 Å². The summed E-state index contributed by atoms with van der Waals surface area (Å²) in [5.74, 6) is -0.203. The highest BCUT2D eigenvalue weighted by Gasteiger charge is 2.14. The van der Waals surface area contributed by atoms with Crippen LogP contribution in [-0.4, -0.2) is 15.7 Å². The zero-order valence-corrected chi connectivity index (χ0v) is 12.3. The number of pyridine rings is 1. The summed E-state index contributed by atoms with van der Waals surface area (Å²) in [6, 6.07) is 7.87. The number of ketones is 1. The number of hydrogen-bond acceptors (Lipinski definition) is 4. The fourth-order valence-corrected chi connectivity index (χ4v) is 2.19. The van der Waals surface area contributed by atoms with Crippen LogP contribution in [-0.2, 0) is 6.42 Å². The van der Waals surface area contributed by atoms with Gasteiger partial charge in [0.1, 0.15) is 0 Å². The minimum Gasteiger partial charge on any atom is -0.294 e. The van der Waals surface area contributed by atoms with Gasteiger partial charge in [-0.25, -0.2) is 0 Å². The zero-order chi connectivity index (χ0) is 14.7. The number of aryl methyl sites for hydroxylation is 1. The topological polar surface area (TPSA) is 73.1 Å². The quantitative estimate of drug-likeness (QED) is 0.487. The number of nitro benzene ring substituents is 1. The molecular weight excluding hydrogens is 324 g/mol. The van der Waals surface area contributed by atoms with Crippen LogP contribution in [0.1, 0.15) is 21.6 Å². The third kappa shape index (κ3) is 3.48. The molecule has 0 aliphatic carbocycles. The SMILES string of the molecule is Cc1ccc(CC(=O)c2cc(Br)cc([N+](=O)[O-])c2)nc1. The number of nitrogens with zero attached hydrogens (tertiary/aromatic N) is 2. The third-order valence-electron chi connectivity index (χ3n) is 2.73. The van der Waals surface area contributed by atoms with E-state index in [0.29, 0.717) is 15.7 Å². The predicted molar refractivity (Wildman–Crippen MR) is 77.8 cm³/mol. The lowest BCUT2D eigenvalue weighted by atomic mass is 10.1. The molecule has 102 valence electrons. The standard InChI is InChI=1S/C14H11BrN2O3/c1-9-2-3-12(16-8-9)7-14(18)10-4-11(15)6-13(5-10)17(19)20/h2-6,8H,7H2,1H3. The first-order chi connectivity index (χ1) is 9.45. The van der Waals surface area contributed by atoms with Crippen LogP contribution in [0.25, 0.3) is 0 Å². The monoisotopic (exact) mass is 334 g/mol. The number of carbonyl (C=O) groups excluding carboxylic acids is 1. The van der Waals surface area contributed by atoms with Crippen molar-refractivity contribution in [1.82, 2.24) is 4.98 Å². The Morgan fingerprint density at radius 2 is 2.10 bits per heavy atom. The van der Waals surface area contributed by atoms with Crippen LogP contribution in [0, 0.1) is 17.0 Å². The van der Waals surface area contributed by atoms with Crippen molar-refractivity contribution in [3.05, 3.63) is 67.9 Å². The van der Waals surface area contributed by atoms with Gasteiger partial charge in [-0.05, 0) is 24.6 Å². The highest BCUT2D eigenvalue weighted by atomic mass is 79.9. The van der Waals surface area contributed by atoms with Crippen molar-refractivity contribution in [3.8, 4) is 0 Å². The molecule has 2 aromatic rings. The molecule has 0 aliphatic heterocycles. The van der Waals surface area contributed by atoms with Gasteiger partial charge in [0.25, 0.3) is 5.69 Å². The Morgan fingerprint density at radius 1 is 1.35 bits per heavy atom. The Bertz CT molecular complexity index is 669. The van der Waals surface area contributed by atoms with E-state index in [4.69, 9.17) is 0 Å². The van der Waals surface area contributed by atoms with Crippen LogP contribution in [0.2, 0.25) is 0 Å². The normalized spacial score (nSPS) is 10.3. The molecule has 0 N–H and O–H groups in total. The van der Waals surface area contributed by atoms with Crippen LogP contribution in [0.5, 0.6) is 0 Å². The summed E-state index contributed by atoms with van der Waals surface area (Å²) in [6.45, 7) is 1.91. The number of Topliss-reactive ketones (excluding diaryl/α,β-unsaturated/α-hetero) is 1. The average Bonchev–Trinajstić information content (AvgIpc) is 2.40. The number of carbonyl (C=O) groups is 1. The van der Waals surface area contributed by atoms with Crippen molar-refractivity contribution in [3.63, 3.8) is 0 Å². The summed E-state index contributed by atoms with van der Waals surface area (Å²) in [4.78, 5) is 26.6. The Morgan fingerprint density at radius 3 is 2.70 bits per heavy atom. The van der Waals surface area contributed by atoms with Gasteiger partial charge < -0.3 is 0 Å². The van der Waals surface area contributed by atoms with Crippen molar-refractivity contribution in [2.24, 2.45) is 0 Å². The molecule has 0 amide bonds. The van der Waals surface area contributed by atoms with Gasteiger partial charge in [-0.2, -0.15) is 0 Å². The molecule has 6 heteroatoms. The van der Waals surface area contributed by atoms with Gasteiger partial charge in [0, 0.05) is 34.1 Å². The lowest BCUT2D eigenvalue weighted by Gasteiger charge is -2.03. The maximum atomic E-state index is 12.1. The highest BCUT2D eigenvalue weighted by Crippen LogP contribution is 2.22. The number of halogens is 1. The molecule has 0 fully saturated rings. The minimum absolute atomic E-state index is 0.111. The highest BCUT2D eigenvalue weighted by molar-refractivity contribution is 9.10. The van der Waals surface area contributed by atoms with Crippen LogP contribution in [0.4, 0.5) is 5.69 Å². The van der Waals surface area contributed by atoms with Gasteiger partial charge in [-0.1, -0.05) is 22.0 Å². The molecule has 2 rings (SSSR count). The van der Waals surface area contributed by atoms with Crippen molar-refractivity contribution < 1.29 is 9.72 Å². The van der Waals surface area contributed by atoms with Crippen molar-refractivity contribution >= 4 is 27.4 Å². The zero-order valence-electron chi connectivity index (χ0n) is 10.7. The number of non-ortho nitro benzene ring substituents is 1. The van der Waals surface area contributed by atoms with Gasteiger partial charge in [0.05, 0.1) is 11.3 Å². The summed E-state index contributed by atoms with van der Waals surface area (Å²) in [7, 11) is 0. The van der Waals surface area contributed by atoms with Gasteiger partial charge >= 0.3 is 0 Å². The molecule has 20 heavy (non-hydrogen) atoms. The molecule has 0 bridgehead atoms. The molecule has 0 spiro atoms. The molecule has 1 aromatic heterocycles. The first kappa shape index (κ1) is 14.3. The number of hydrogen-bond donors (Lipinski definition) is 0. The van der Waals surface area contributed by atoms with E-state index in [1.165, 1.54) is 12.1 Å². The second-order valence-electron chi connectivity index (χ2n) is 4.38. The van der Waals surface area contributed by atoms with E-state index in [1.54, 1.807) is 18.3 Å². The summed E-state index contributed by atoms with van der Waals surface area (Å²) in [6.07, 6.45) is 1.81. The predicted octanol–water partition coefficient (Wildman–Crippen LogP) is 3.49. The van der Waals surface area contributed by atoms with E-state index in [2.05, 4.69) is 20.9 Å². The minimum atomic E-state index is -0.522. The number of benzene rings is 1. The molecule has 0 saturated carbocycles. The molecular formula is C14H11BrN2O3. The summed E-state index contributed by atoms with van der Waals surface area (Å²) >= 11 is 3.17. The van der Waals surface area contributed by atoms with Gasteiger partial charge in [-0.15, -0.1) is 0 Å². The number of aromatic nitrogens is 1. The molecule has 1 aromatic carbocycles. The van der Waals surface area contributed by atoms with Gasteiger partial charge in [-0.3, -0.25) is 19.9 Å². The van der Waals surface area contributed by atoms with E-state index in [9.17, 15) is 14.9 Å². The van der Waals surface area contributed by atoms with E-state index in [0.717, 1.165) is 5.56 Å². The van der Waals surface area contributed by atoms with E-state index in [-0.39, 0.29) is 17.9 Å². The number of nitro groups is 1. The van der Waals surface area contributed by atoms with E-state index in [1.807, 2.05) is 13.0 Å². The third-order valence-corrected chi connectivity index (χ3v) is 3.19. The fourth-order valence-electron chi connectivity index (χ4n) is 1.71. The maximum absolute atomic E-state index is 12.1. The molecule has 0 radical (unpaired) electrons. The summed E-state index contributed by atoms with van der Waals surface area (Å²) in [5, 5.41) is 10.8. The first-order valence-corrected chi connectivity index (χ1v) is 6.65. The van der Waals surface area contributed by atoms with Crippen LogP contribution >= 0.6 is 15.9 Å². The van der Waals surface area contributed by atoms with Crippen LogP contribution in [0.3, 0.4) is 0 Å². The number of rotatable bonds is 4. The smallest absolute Gasteiger partial charge is 0.271 e. The molecule has 0 unspecified atom stereocenters. The molecule has 5 nitrogen and oxygen atoms in total. The lowest BCUT2D eigenvalue weighted by molar-refractivity contribution is -0.385.